The average Bonchev–Trinajstić information content (AvgIpc) is 2.92. The molecule has 0 saturated heterocycles. The van der Waals surface area contributed by atoms with E-state index in [4.69, 9.17) is 24.3 Å². The fraction of sp³-hybridized carbons (Fsp3) is 0.900. The van der Waals surface area contributed by atoms with Gasteiger partial charge in [0.25, 0.3) is 0 Å². The van der Waals surface area contributed by atoms with E-state index in [1.165, 1.54) is 83.5 Å². The molecule has 9 heteroatoms. The molecule has 0 fully saturated rings. The summed E-state index contributed by atoms with van der Waals surface area (Å²) >= 11 is 0. The van der Waals surface area contributed by atoms with E-state index in [-0.39, 0.29) is 32.3 Å². The third-order valence-electron chi connectivity index (χ3n) is 6.41. The molecule has 0 aliphatic heterocycles. The van der Waals surface area contributed by atoms with Crippen molar-refractivity contribution in [2.24, 2.45) is 5.73 Å². The molecule has 0 bridgehead atoms. The topological polar surface area (TPSA) is 117 Å². The number of ether oxygens (including phenoxy) is 2. The van der Waals surface area contributed by atoms with Crippen LogP contribution in [0.5, 0.6) is 0 Å². The van der Waals surface area contributed by atoms with Crippen molar-refractivity contribution >= 4 is 13.8 Å². The maximum absolute atomic E-state index is 12.4. The Balaban J connectivity index is 4.17. The number of phosphoric acid groups is 1. The van der Waals surface area contributed by atoms with Gasteiger partial charge < -0.3 is 20.1 Å². The predicted octanol–water partition coefficient (Wildman–Crippen LogP) is 8.02. The average molecular weight is 578 g/mol. The van der Waals surface area contributed by atoms with Gasteiger partial charge in [0.2, 0.25) is 0 Å². The SMILES string of the molecule is CCC/C=C\CCCCCCCCOCC(COP(=O)(O)OCCN)OC(=O)CCCCCCCCCCC. The molecule has 0 aromatic heterocycles. The summed E-state index contributed by atoms with van der Waals surface area (Å²) < 4.78 is 33.0. The van der Waals surface area contributed by atoms with E-state index >= 15 is 0 Å². The second-order valence-corrected chi connectivity index (χ2v) is 11.8. The minimum Gasteiger partial charge on any atom is -0.457 e. The van der Waals surface area contributed by atoms with Gasteiger partial charge in [-0.25, -0.2) is 4.57 Å². The number of nitrogens with two attached hydrogens (primary N) is 1. The highest BCUT2D eigenvalue weighted by atomic mass is 31.2. The number of carbonyl (C=O) groups is 1. The van der Waals surface area contributed by atoms with Crippen molar-refractivity contribution < 1.29 is 32.8 Å². The van der Waals surface area contributed by atoms with E-state index in [9.17, 15) is 14.3 Å². The number of esters is 1. The highest BCUT2D eigenvalue weighted by Crippen LogP contribution is 2.43. The van der Waals surface area contributed by atoms with Gasteiger partial charge in [0.15, 0.2) is 0 Å². The largest absolute Gasteiger partial charge is 0.472 e. The Hall–Kier alpha value is -0.760. The van der Waals surface area contributed by atoms with E-state index in [0.717, 1.165) is 32.1 Å². The Bertz CT molecular complexity index is 618. The highest BCUT2D eigenvalue weighted by Gasteiger charge is 2.25. The summed E-state index contributed by atoms with van der Waals surface area (Å²) in [6.07, 6.45) is 25.1. The molecule has 3 N–H and O–H groups in total. The van der Waals surface area contributed by atoms with Gasteiger partial charge in [0.1, 0.15) is 6.10 Å². The zero-order chi connectivity index (χ0) is 28.9. The van der Waals surface area contributed by atoms with Gasteiger partial charge in [-0.1, -0.05) is 109 Å². The fourth-order valence-electron chi connectivity index (χ4n) is 4.11. The zero-order valence-electron chi connectivity index (χ0n) is 25.1. The lowest BCUT2D eigenvalue weighted by molar-refractivity contribution is -0.154. The summed E-state index contributed by atoms with van der Waals surface area (Å²) in [7, 11) is -4.25. The number of unbranched alkanes of at least 4 members (excludes halogenated alkanes) is 15. The van der Waals surface area contributed by atoms with Crippen molar-refractivity contribution in [1.82, 2.24) is 0 Å². The number of hydrogen-bond donors (Lipinski definition) is 2. The van der Waals surface area contributed by atoms with Gasteiger partial charge in [-0.3, -0.25) is 13.8 Å². The van der Waals surface area contributed by atoms with Crippen LogP contribution in [0.25, 0.3) is 0 Å². The van der Waals surface area contributed by atoms with Crippen molar-refractivity contribution in [3.05, 3.63) is 12.2 Å². The van der Waals surface area contributed by atoms with E-state index in [1.54, 1.807) is 0 Å². The number of rotatable bonds is 30. The van der Waals surface area contributed by atoms with Crippen LogP contribution >= 0.6 is 7.82 Å². The quantitative estimate of drug-likeness (QED) is 0.0381. The maximum atomic E-state index is 12.4. The molecule has 39 heavy (non-hydrogen) atoms. The highest BCUT2D eigenvalue weighted by molar-refractivity contribution is 7.47. The van der Waals surface area contributed by atoms with Gasteiger partial charge in [-0.2, -0.15) is 0 Å². The molecule has 0 saturated carbocycles. The van der Waals surface area contributed by atoms with E-state index in [0.29, 0.717) is 13.0 Å². The van der Waals surface area contributed by atoms with Crippen LogP contribution in [0.4, 0.5) is 0 Å². The van der Waals surface area contributed by atoms with Gasteiger partial charge in [0, 0.05) is 19.6 Å². The van der Waals surface area contributed by atoms with E-state index in [2.05, 4.69) is 26.0 Å². The molecule has 0 radical (unpaired) electrons. The van der Waals surface area contributed by atoms with Crippen LogP contribution < -0.4 is 5.73 Å². The predicted molar refractivity (Wildman–Crippen MR) is 160 cm³/mol. The summed E-state index contributed by atoms with van der Waals surface area (Å²) in [6.45, 7) is 4.82. The first-order valence-corrected chi connectivity index (χ1v) is 17.2. The third kappa shape index (κ3) is 28.6. The molecule has 2 unspecified atom stereocenters. The Morgan fingerprint density at radius 2 is 1.33 bits per heavy atom. The van der Waals surface area contributed by atoms with Crippen LogP contribution in [0.15, 0.2) is 12.2 Å². The van der Waals surface area contributed by atoms with Gasteiger partial charge in [0.05, 0.1) is 19.8 Å². The van der Waals surface area contributed by atoms with Crippen LogP contribution in [0.2, 0.25) is 0 Å². The monoisotopic (exact) mass is 577 g/mol. The van der Waals surface area contributed by atoms with E-state index < -0.39 is 13.9 Å². The van der Waals surface area contributed by atoms with Gasteiger partial charge in [-0.05, 0) is 32.1 Å². The maximum Gasteiger partial charge on any atom is 0.472 e. The molecule has 0 rings (SSSR count). The number of hydrogen-bond acceptors (Lipinski definition) is 7. The Labute approximate surface area is 239 Å². The van der Waals surface area contributed by atoms with Crippen molar-refractivity contribution in [2.75, 3.05) is 33.0 Å². The lowest BCUT2D eigenvalue weighted by Gasteiger charge is -2.20. The molecule has 0 aliphatic carbocycles. The lowest BCUT2D eigenvalue weighted by Crippen LogP contribution is -2.28. The standard InChI is InChI=1S/C30H60NO7P/c1-3-5-7-9-11-13-14-16-18-20-22-25-35-27-29(28-37-39(33,34)36-26-24-31)38-30(32)23-21-19-17-15-12-10-8-6-4-2/h7,9,29H,3-6,8,10-28,31H2,1-2H3,(H,33,34)/b9-7-. The molecular formula is C30H60NO7P. The van der Waals surface area contributed by atoms with Crippen molar-refractivity contribution in [2.45, 2.75) is 142 Å². The minimum absolute atomic E-state index is 0.0944. The first kappa shape index (κ1) is 38.2. The molecule has 232 valence electrons. The molecule has 0 aliphatic rings. The number of carbonyl (C=O) groups excluding carboxylic acids is 1. The summed E-state index contributed by atoms with van der Waals surface area (Å²) in [5.74, 6) is -0.338. The Kier molecular flexibility index (Phi) is 28.2. The second-order valence-electron chi connectivity index (χ2n) is 10.3. The molecule has 0 heterocycles. The summed E-state index contributed by atoms with van der Waals surface area (Å²) in [5.41, 5.74) is 5.32. The summed E-state index contributed by atoms with van der Waals surface area (Å²) in [5, 5.41) is 0. The van der Waals surface area contributed by atoms with Crippen molar-refractivity contribution in [1.29, 1.82) is 0 Å². The molecule has 0 spiro atoms. The minimum atomic E-state index is -4.25. The summed E-state index contributed by atoms with van der Waals surface area (Å²) in [4.78, 5) is 22.1. The van der Waals surface area contributed by atoms with Gasteiger partial charge >= 0.3 is 13.8 Å². The smallest absolute Gasteiger partial charge is 0.457 e. The van der Waals surface area contributed by atoms with Crippen LogP contribution in [0, 0.1) is 0 Å². The molecule has 0 aromatic rings. The molecule has 8 nitrogen and oxygen atoms in total. The molecular weight excluding hydrogens is 517 g/mol. The lowest BCUT2D eigenvalue weighted by atomic mass is 10.1. The number of allylic oxidation sites excluding steroid dienone is 2. The second kappa shape index (κ2) is 28.8. The Morgan fingerprint density at radius 1 is 0.744 bits per heavy atom. The Morgan fingerprint density at radius 3 is 1.97 bits per heavy atom. The molecule has 0 amide bonds. The van der Waals surface area contributed by atoms with E-state index in [1.807, 2.05) is 0 Å². The molecule has 0 aromatic carbocycles. The number of phosphoric ester groups is 1. The van der Waals surface area contributed by atoms with Crippen LogP contribution in [0.1, 0.15) is 136 Å². The van der Waals surface area contributed by atoms with Gasteiger partial charge in [-0.15, -0.1) is 0 Å². The third-order valence-corrected chi connectivity index (χ3v) is 7.40. The summed E-state index contributed by atoms with van der Waals surface area (Å²) in [6, 6.07) is 0. The van der Waals surface area contributed by atoms with Crippen LogP contribution in [0.3, 0.4) is 0 Å². The van der Waals surface area contributed by atoms with Crippen LogP contribution in [-0.4, -0.2) is 49.9 Å². The molecule has 2 atom stereocenters. The first-order chi connectivity index (χ1) is 18.9. The first-order valence-electron chi connectivity index (χ1n) is 15.7. The van der Waals surface area contributed by atoms with Crippen molar-refractivity contribution in [3.63, 3.8) is 0 Å². The fourth-order valence-corrected chi connectivity index (χ4v) is 4.88. The van der Waals surface area contributed by atoms with Crippen LogP contribution in [-0.2, 0) is 27.9 Å². The zero-order valence-corrected chi connectivity index (χ0v) is 26.0. The van der Waals surface area contributed by atoms with Crippen molar-refractivity contribution in [3.8, 4) is 0 Å². The normalized spacial score (nSPS) is 14.1.